The number of aryl methyl sites for hydroxylation is 1. The summed E-state index contributed by atoms with van der Waals surface area (Å²) in [6, 6.07) is 1.83. The van der Waals surface area contributed by atoms with Gasteiger partial charge in [-0.05, 0) is 35.8 Å². The van der Waals surface area contributed by atoms with E-state index < -0.39 is 0 Å². The van der Waals surface area contributed by atoms with Gasteiger partial charge in [0, 0.05) is 4.88 Å². The first-order valence-electron chi connectivity index (χ1n) is 4.58. The molecule has 0 fully saturated rings. The van der Waals surface area contributed by atoms with Gasteiger partial charge in [0.25, 0.3) is 0 Å². The molecule has 0 unspecified atom stereocenters. The Bertz CT molecular complexity index is 515. The molecule has 5 heteroatoms. The maximum absolute atomic E-state index is 11.4. The Balaban J connectivity index is 2.44. The predicted molar refractivity (Wildman–Crippen MR) is 64.6 cm³/mol. The van der Waals surface area contributed by atoms with E-state index in [1.165, 1.54) is 4.88 Å². The molecule has 0 aliphatic heterocycles. The van der Waals surface area contributed by atoms with Crippen molar-refractivity contribution in [2.24, 2.45) is 0 Å². The highest BCUT2D eigenvalue weighted by atomic mass is 79.9. The largest absolute Gasteiger partial charge is 0.461 e. The third-order valence-corrected chi connectivity index (χ3v) is 4.37. The number of ether oxygens (including phenoxy) is 1. The summed E-state index contributed by atoms with van der Waals surface area (Å²) in [6.45, 7) is 4.22. The average Bonchev–Trinajstić information content (AvgIpc) is 2.70. The molecule has 1 N–H and O–H groups in total. The number of rotatable bonds is 2. The van der Waals surface area contributed by atoms with Crippen LogP contribution in [0.3, 0.4) is 0 Å². The van der Waals surface area contributed by atoms with Crippen LogP contribution in [0.25, 0.3) is 10.2 Å². The smallest absolute Gasteiger partial charge is 0.354 e. The van der Waals surface area contributed by atoms with Crippen LogP contribution in [0, 0.1) is 6.92 Å². The number of fused-ring (bicyclic) bond motifs is 1. The van der Waals surface area contributed by atoms with Crippen molar-refractivity contribution in [1.29, 1.82) is 0 Å². The van der Waals surface area contributed by atoms with Crippen LogP contribution in [0.4, 0.5) is 0 Å². The number of H-pyrrole nitrogens is 1. The lowest BCUT2D eigenvalue weighted by molar-refractivity contribution is 0.0520. The van der Waals surface area contributed by atoms with Crippen molar-refractivity contribution in [1.82, 2.24) is 4.98 Å². The fourth-order valence-electron chi connectivity index (χ4n) is 1.38. The van der Waals surface area contributed by atoms with Crippen molar-refractivity contribution in [3.8, 4) is 0 Å². The highest BCUT2D eigenvalue weighted by Gasteiger charge is 2.14. The van der Waals surface area contributed by atoms with Gasteiger partial charge >= 0.3 is 5.97 Å². The van der Waals surface area contributed by atoms with Gasteiger partial charge in [-0.2, -0.15) is 0 Å². The minimum absolute atomic E-state index is 0.301. The van der Waals surface area contributed by atoms with Crippen LogP contribution < -0.4 is 0 Å². The van der Waals surface area contributed by atoms with E-state index in [4.69, 9.17) is 4.74 Å². The van der Waals surface area contributed by atoms with Gasteiger partial charge in [-0.15, -0.1) is 11.3 Å². The van der Waals surface area contributed by atoms with Crippen LogP contribution in [0.2, 0.25) is 0 Å². The summed E-state index contributed by atoms with van der Waals surface area (Å²) in [4.78, 5) is 15.7. The van der Waals surface area contributed by atoms with E-state index in [0.717, 1.165) is 14.7 Å². The van der Waals surface area contributed by atoms with Gasteiger partial charge in [-0.3, -0.25) is 0 Å². The summed E-state index contributed by atoms with van der Waals surface area (Å²) >= 11 is 5.13. The first kappa shape index (κ1) is 10.7. The Morgan fingerprint density at radius 2 is 2.40 bits per heavy atom. The highest BCUT2D eigenvalue weighted by molar-refractivity contribution is 9.10. The highest BCUT2D eigenvalue weighted by Crippen LogP contribution is 2.35. The number of carbonyl (C=O) groups is 1. The topological polar surface area (TPSA) is 42.1 Å². The van der Waals surface area contributed by atoms with E-state index in [-0.39, 0.29) is 5.97 Å². The van der Waals surface area contributed by atoms with Crippen molar-refractivity contribution in [3.05, 3.63) is 21.1 Å². The van der Waals surface area contributed by atoms with Crippen molar-refractivity contribution < 1.29 is 9.53 Å². The van der Waals surface area contributed by atoms with E-state index in [1.807, 2.05) is 13.0 Å². The van der Waals surface area contributed by atoms with Gasteiger partial charge in [0.05, 0.1) is 21.3 Å². The molecule has 15 heavy (non-hydrogen) atoms. The maximum Gasteiger partial charge on any atom is 0.354 e. The number of thiophene rings is 1. The standard InChI is InChI=1S/C10H10BrNO2S/c1-3-14-10(13)6-4-7-9(12-6)8(11)5(2)15-7/h4,12H,3H2,1-2H3. The zero-order chi connectivity index (χ0) is 11.0. The molecule has 0 aliphatic rings. The number of carbonyl (C=O) groups excluding carboxylic acids is 1. The Labute approximate surface area is 99.6 Å². The molecular formula is C10H10BrNO2S. The molecule has 0 bridgehead atoms. The predicted octanol–water partition coefficient (Wildman–Crippen LogP) is 3.48. The van der Waals surface area contributed by atoms with Crippen molar-refractivity contribution >= 4 is 43.5 Å². The van der Waals surface area contributed by atoms with Gasteiger partial charge in [0.1, 0.15) is 5.69 Å². The number of halogens is 1. The molecule has 2 aromatic rings. The molecule has 80 valence electrons. The maximum atomic E-state index is 11.4. The van der Waals surface area contributed by atoms with Crippen LogP contribution in [-0.4, -0.2) is 17.6 Å². The van der Waals surface area contributed by atoms with Crippen LogP contribution >= 0.6 is 27.3 Å². The Morgan fingerprint density at radius 3 is 3.00 bits per heavy atom. The molecule has 2 rings (SSSR count). The lowest BCUT2D eigenvalue weighted by Crippen LogP contribution is -2.04. The van der Waals surface area contributed by atoms with E-state index in [0.29, 0.717) is 12.3 Å². The summed E-state index contributed by atoms with van der Waals surface area (Å²) in [5, 5.41) is 0. The molecule has 2 aromatic heterocycles. The molecule has 0 amide bonds. The van der Waals surface area contributed by atoms with Gasteiger partial charge in [-0.25, -0.2) is 4.79 Å². The zero-order valence-corrected chi connectivity index (χ0v) is 10.8. The van der Waals surface area contributed by atoms with E-state index in [2.05, 4.69) is 20.9 Å². The van der Waals surface area contributed by atoms with Crippen LogP contribution in [0.1, 0.15) is 22.3 Å². The number of hydrogen-bond acceptors (Lipinski definition) is 3. The van der Waals surface area contributed by atoms with Gasteiger partial charge in [-0.1, -0.05) is 0 Å². The number of nitrogens with one attached hydrogen (secondary N) is 1. The second-order valence-corrected chi connectivity index (χ2v) is 5.16. The summed E-state index contributed by atoms with van der Waals surface area (Å²) in [5.41, 5.74) is 1.49. The van der Waals surface area contributed by atoms with Gasteiger partial charge in [0.15, 0.2) is 0 Å². The molecular weight excluding hydrogens is 278 g/mol. The fraction of sp³-hybridized carbons (Fsp3) is 0.300. The molecule has 0 aromatic carbocycles. The zero-order valence-electron chi connectivity index (χ0n) is 8.39. The molecule has 0 aliphatic carbocycles. The normalized spacial score (nSPS) is 10.9. The first-order valence-corrected chi connectivity index (χ1v) is 6.19. The summed E-state index contributed by atoms with van der Waals surface area (Å²) in [6.07, 6.45) is 0. The number of aromatic nitrogens is 1. The molecule has 0 saturated carbocycles. The Morgan fingerprint density at radius 1 is 1.67 bits per heavy atom. The summed E-state index contributed by atoms with van der Waals surface area (Å²) < 4.78 is 7.01. The lowest BCUT2D eigenvalue weighted by atomic mass is 10.4. The van der Waals surface area contributed by atoms with Crippen LogP contribution in [0.5, 0.6) is 0 Å². The number of esters is 1. The van der Waals surface area contributed by atoms with E-state index in [9.17, 15) is 4.79 Å². The third-order valence-electron chi connectivity index (χ3n) is 2.07. The van der Waals surface area contributed by atoms with Crippen molar-refractivity contribution in [3.63, 3.8) is 0 Å². The molecule has 0 radical (unpaired) electrons. The van der Waals surface area contributed by atoms with Crippen LogP contribution in [0.15, 0.2) is 10.5 Å². The Hall–Kier alpha value is -0.810. The second-order valence-electron chi connectivity index (χ2n) is 3.11. The quantitative estimate of drug-likeness (QED) is 0.860. The second kappa shape index (κ2) is 3.98. The first-order chi connectivity index (χ1) is 7.13. The van der Waals surface area contributed by atoms with Crippen LogP contribution in [-0.2, 0) is 4.74 Å². The Kier molecular flexibility index (Phi) is 2.84. The van der Waals surface area contributed by atoms with Crippen molar-refractivity contribution in [2.75, 3.05) is 6.61 Å². The average molecular weight is 288 g/mol. The molecule has 0 spiro atoms. The van der Waals surface area contributed by atoms with Crippen molar-refractivity contribution in [2.45, 2.75) is 13.8 Å². The SMILES string of the molecule is CCOC(=O)c1cc2sc(C)c(Br)c2[nH]1. The number of hydrogen-bond donors (Lipinski definition) is 1. The van der Waals surface area contributed by atoms with E-state index in [1.54, 1.807) is 18.3 Å². The fourth-order valence-corrected chi connectivity index (χ4v) is 3.02. The molecule has 0 saturated heterocycles. The van der Waals surface area contributed by atoms with Gasteiger partial charge in [0.2, 0.25) is 0 Å². The molecule has 2 heterocycles. The lowest BCUT2D eigenvalue weighted by Gasteiger charge is -1.97. The molecule has 0 atom stereocenters. The van der Waals surface area contributed by atoms with Gasteiger partial charge < -0.3 is 9.72 Å². The molecule has 3 nitrogen and oxygen atoms in total. The van der Waals surface area contributed by atoms with E-state index >= 15 is 0 Å². The third kappa shape index (κ3) is 1.81. The summed E-state index contributed by atoms with van der Waals surface area (Å²) in [5.74, 6) is -0.301. The minimum Gasteiger partial charge on any atom is -0.461 e. The minimum atomic E-state index is -0.301. The number of aromatic amines is 1. The monoisotopic (exact) mass is 287 g/mol. The summed E-state index contributed by atoms with van der Waals surface area (Å²) in [7, 11) is 0.